The lowest BCUT2D eigenvalue weighted by atomic mass is 10.1. The lowest BCUT2D eigenvalue weighted by Crippen LogP contribution is -2.35. The SMILES string of the molecule is COC(=O)C1CCCc2nn(Cc3ccnc(C(F)(F)F)c3F)c(=O)n21. The summed E-state index contributed by atoms with van der Waals surface area (Å²) in [5.74, 6) is -1.86. The summed E-state index contributed by atoms with van der Waals surface area (Å²) in [4.78, 5) is 27.4. The van der Waals surface area contributed by atoms with Gasteiger partial charge in [0.05, 0.1) is 13.7 Å². The Morgan fingerprint density at radius 3 is 2.81 bits per heavy atom. The predicted molar refractivity (Wildman–Crippen MR) is 78.8 cm³/mol. The Morgan fingerprint density at radius 1 is 1.42 bits per heavy atom. The van der Waals surface area contributed by atoms with Gasteiger partial charge >= 0.3 is 17.8 Å². The summed E-state index contributed by atoms with van der Waals surface area (Å²) >= 11 is 0. The van der Waals surface area contributed by atoms with Gasteiger partial charge in [-0.3, -0.25) is 4.57 Å². The number of hydrogen-bond acceptors (Lipinski definition) is 5. The van der Waals surface area contributed by atoms with Crippen molar-refractivity contribution in [2.75, 3.05) is 7.11 Å². The number of ether oxygens (including phenoxy) is 1. The van der Waals surface area contributed by atoms with Gasteiger partial charge < -0.3 is 4.74 Å². The minimum Gasteiger partial charge on any atom is -0.467 e. The van der Waals surface area contributed by atoms with E-state index in [0.29, 0.717) is 25.1 Å². The highest BCUT2D eigenvalue weighted by atomic mass is 19.4. The van der Waals surface area contributed by atoms with E-state index in [1.165, 1.54) is 7.11 Å². The number of rotatable bonds is 3. The second-order valence-electron chi connectivity index (χ2n) is 5.79. The number of nitrogens with zero attached hydrogens (tertiary/aromatic N) is 4. The van der Waals surface area contributed by atoms with Gasteiger partial charge in [-0.15, -0.1) is 0 Å². The Bertz CT molecular complexity index is 903. The largest absolute Gasteiger partial charge is 0.467 e. The number of alkyl halides is 3. The molecule has 1 unspecified atom stereocenters. The van der Waals surface area contributed by atoms with Crippen molar-refractivity contribution in [3.8, 4) is 0 Å². The molecule has 2 aromatic rings. The van der Waals surface area contributed by atoms with E-state index >= 15 is 0 Å². The number of carbonyl (C=O) groups is 1. The van der Waals surface area contributed by atoms with Crippen LogP contribution in [0.4, 0.5) is 17.6 Å². The topological polar surface area (TPSA) is 79.0 Å². The summed E-state index contributed by atoms with van der Waals surface area (Å²) in [6, 6.07) is 0.200. The molecule has 1 aliphatic rings. The summed E-state index contributed by atoms with van der Waals surface area (Å²) in [6.45, 7) is -0.510. The number of hydrogen-bond donors (Lipinski definition) is 0. The van der Waals surface area contributed by atoms with E-state index in [4.69, 9.17) is 0 Å². The van der Waals surface area contributed by atoms with E-state index in [0.717, 1.165) is 21.5 Å². The zero-order valence-corrected chi connectivity index (χ0v) is 13.6. The summed E-state index contributed by atoms with van der Waals surface area (Å²) < 4.78 is 59.1. The molecule has 0 aliphatic carbocycles. The number of aromatic nitrogens is 4. The Hall–Kier alpha value is -2.72. The van der Waals surface area contributed by atoms with Gasteiger partial charge in [-0.25, -0.2) is 23.6 Å². The summed E-state index contributed by atoms with van der Waals surface area (Å²) in [5, 5.41) is 4.04. The van der Waals surface area contributed by atoms with Gasteiger partial charge in [0.1, 0.15) is 11.9 Å². The summed E-state index contributed by atoms with van der Waals surface area (Å²) in [5.41, 5.74) is -2.74. The number of carbonyl (C=O) groups excluding carboxylic acids is 1. The Labute approximate surface area is 144 Å². The van der Waals surface area contributed by atoms with E-state index in [1.54, 1.807) is 0 Å². The highest BCUT2D eigenvalue weighted by molar-refractivity contribution is 5.74. The molecule has 3 heterocycles. The van der Waals surface area contributed by atoms with Crippen molar-refractivity contribution in [1.82, 2.24) is 19.3 Å². The lowest BCUT2D eigenvalue weighted by Gasteiger charge is -2.20. The van der Waals surface area contributed by atoms with Crippen molar-refractivity contribution in [2.45, 2.75) is 38.0 Å². The maximum Gasteiger partial charge on any atom is 0.436 e. The van der Waals surface area contributed by atoms with Crippen molar-refractivity contribution in [2.24, 2.45) is 0 Å². The number of esters is 1. The van der Waals surface area contributed by atoms with Crippen LogP contribution in [0.15, 0.2) is 17.1 Å². The van der Waals surface area contributed by atoms with E-state index in [2.05, 4.69) is 14.8 Å². The van der Waals surface area contributed by atoms with Gasteiger partial charge in [0, 0.05) is 18.2 Å². The van der Waals surface area contributed by atoms with Crippen LogP contribution in [0.25, 0.3) is 0 Å². The fourth-order valence-electron chi connectivity index (χ4n) is 2.96. The smallest absolute Gasteiger partial charge is 0.436 e. The van der Waals surface area contributed by atoms with Crippen LogP contribution in [0, 0.1) is 5.82 Å². The minimum absolute atomic E-state index is 0.308. The van der Waals surface area contributed by atoms with Crippen molar-refractivity contribution >= 4 is 5.97 Å². The van der Waals surface area contributed by atoms with Crippen LogP contribution in [-0.2, 0) is 28.7 Å². The molecule has 0 saturated heterocycles. The molecule has 140 valence electrons. The van der Waals surface area contributed by atoms with Crippen LogP contribution >= 0.6 is 0 Å². The van der Waals surface area contributed by atoms with Crippen LogP contribution < -0.4 is 5.69 Å². The minimum atomic E-state index is -4.95. The molecular formula is C15H14F4N4O3. The lowest BCUT2D eigenvalue weighted by molar-refractivity contribution is -0.145. The fraction of sp³-hybridized carbons (Fsp3) is 0.467. The van der Waals surface area contributed by atoms with Crippen LogP contribution in [0.1, 0.15) is 36.0 Å². The second-order valence-corrected chi connectivity index (χ2v) is 5.79. The maximum atomic E-state index is 14.1. The third kappa shape index (κ3) is 3.08. The predicted octanol–water partition coefficient (Wildman–Crippen LogP) is 1.70. The fourth-order valence-corrected chi connectivity index (χ4v) is 2.96. The van der Waals surface area contributed by atoms with E-state index < -0.39 is 41.9 Å². The van der Waals surface area contributed by atoms with Crippen LogP contribution in [0.3, 0.4) is 0 Å². The van der Waals surface area contributed by atoms with Crippen LogP contribution in [0.2, 0.25) is 0 Å². The van der Waals surface area contributed by atoms with Crippen LogP contribution in [-0.4, -0.2) is 32.4 Å². The molecule has 0 aromatic carbocycles. The molecule has 11 heteroatoms. The van der Waals surface area contributed by atoms with Crippen molar-refractivity contribution in [1.29, 1.82) is 0 Å². The van der Waals surface area contributed by atoms with Gasteiger partial charge in [0.25, 0.3) is 0 Å². The van der Waals surface area contributed by atoms with Gasteiger partial charge in [-0.1, -0.05) is 0 Å². The van der Waals surface area contributed by atoms with E-state index in [9.17, 15) is 27.2 Å². The molecule has 0 amide bonds. The molecule has 1 aliphatic heterocycles. The van der Waals surface area contributed by atoms with Gasteiger partial charge in [-0.05, 0) is 18.9 Å². The third-order valence-corrected chi connectivity index (χ3v) is 4.16. The Kier molecular flexibility index (Phi) is 4.55. The molecule has 2 aromatic heterocycles. The zero-order chi connectivity index (χ0) is 19.1. The van der Waals surface area contributed by atoms with Crippen molar-refractivity contribution < 1.29 is 27.1 Å². The molecular weight excluding hydrogens is 360 g/mol. The van der Waals surface area contributed by atoms with E-state index in [-0.39, 0.29) is 5.56 Å². The Balaban J connectivity index is 2.00. The first-order chi connectivity index (χ1) is 12.2. The number of aryl methyl sites for hydroxylation is 1. The highest BCUT2D eigenvalue weighted by Crippen LogP contribution is 2.30. The first-order valence-electron chi connectivity index (χ1n) is 7.70. The summed E-state index contributed by atoms with van der Waals surface area (Å²) in [6.07, 6.45) is -2.73. The highest BCUT2D eigenvalue weighted by Gasteiger charge is 2.37. The summed E-state index contributed by atoms with van der Waals surface area (Å²) in [7, 11) is 1.19. The first kappa shape index (κ1) is 18.1. The first-order valence-corrected chi connectivity index (χ1v) is 7.70. The van der Waals surface area contributed by atoms with Gasteiger partial charge in [-0.2, -0.15) is 18.3 Å². The number of pyridine rings is 1. The van der Waals surface area contributed by atoms with E-state index in [1.807, 2.05) is 0 Å². The van der Waals surface area contributed by atoms with Gasteiger partial charge in [0.2, 0.25) is 0 Å². The van der Waals surface area contributed by atoms with Crippen LogP contribution in [0.5, 0.6) is 0 Å². The number of methoxy groups -OCH3 is 1. The average Bonchev–Trinajstić information content (AvgIpc) is 2.91. The molecule has 0 spiro atoms. The molecule has 0 bridgehead atoms. The second kappa shape index (κ2) is 6.54. The zero-order valence-electron chi connectivity index (χ0n) is 13.6. The standard InChI is InChI=1S/C15H14F4N4O3/c1-26-13(24)9-3-2-4-10-21-22(14(25)23(9)10)7-8-5-6-20-12(11(8)16)15(17,18)19/h5-6,9H,2-4,7H2,1H3. The average molecular weight is 374 g/mol. The number of halogens is 4. The Morgan fingerprint density at radius 2 is 2.15 bits per heavy atom. The molecule has 0 N–H and O–H groups in total. The molecule has 3 rings (SSSR count). The molecule has 0 saturated carbocycles. The monoisotopic (exact) mass is 374 g/mol. The normalized spacial score (nSPS) is 17.0. The third-order valence-electron chi connectivity index (χ3n) is 4.16. The number of fused-ring (bicyclic) bond motifs is 1. The molecule has 26 heavy (non-hydrogen) atoms. The van der Waals surface area contributed by atoms with Crippen molar-refractivity contribution in [3.63, 3.8) is 0 Å². The molecule has 7 nitrogen and oxygen atoms in total. The van der Waals surface area contributed by atoms with Gasteiger partial charge in [0.15, 0.2) is 11.5 Å². The molecule has 0 radical (unpaired) electrons. The molecule has 0 fully saturated rings. The maximum absolute atomic E-state index is 14.1. The van der Waals surface area contributed by atoms with Crippen molar-refractivity contribution in [3.05, 3.63) is 45.6 Å². The molecule has 1 atom stereocenters. The quantitative estimate of drug-likeness (QED) is 0.604.